The Labute approximate surface area is 152 Å². The van der Waals surface area contributed by atoms with Gasteiger partial charge in [-0.15, -0.1) is 0 Å². The number of halogens is 2. The molecular weight excluding hydrogens is 347 g/mol. The van der Waals surface area contributed by atoms with E-state index in [4.69, 9.17) is 32.9 Å². The van der Waals surface area contributed by atoms with Gasteiger partial charge in [0.1, 0.15) is 6.61 Å². The maximum atomic E-state index is 6.15. The van der Waals surface area contributed by atoms with Crippen molar-refractivity contribution < 1.29 is 9.68 Å². The van der Waals surface area contributed by atoms with Gasteiger partial charge >= 0.3 is 0 Å². The molecule has 0 amide bonds. The smallest absolute Gasteiger partial charge is 0.143 e. The Morgan fingerprint density at radius 1 is 1.12 bits per heavy atom. The predicted octanol–water partition coefficient (Wildman–Crippen LogP) is 4.80. The lowest BCUT2D eigenvalue weighted by molar-refractivity contribution is -0.106. The van der Waals surface area contributed by atoms with E-state index in [1.54, 1.807) is 24.3 Å². The normalized spacial score (nSPS) is 11.8. The van der Waals surface area contributed by atoms with Crippen molar-refractivity contribution in [1.29, 1.82) is 0 Å². The summed E-state index contributed by atoms with van der Waals surface area (Å²) in [5, 5.41) is 7.21. The molecule has 0 bridgehead atoms. The summed E-state index contributed by atoms with van der Waals surface area (Å²) >= 11 is 12.0. The van der Waals surface area contributed by atoms with Crippen molar-refractivity contribution >= 4 is 28.9 Å². The predicted molar refractivity (Wildman–Crippen MR) is 98.5 cm³/mol. The average molecular weight is 367 g/mol. The van der Waals surface area contributed by atoms with Crippen molar-refractivity contribution in [3.63, 3.8) is 0 Å². The molecule has 0 atom stereocenters. The molecule has 24 heavy (non-hydrogen) atoms. The molecule has 2 rings (SSSR count). The van der Waals surface area contributed by atoms with Crippen molar-refractivity contribution in [2.45, 2.75) is 13.0 Å². The van der Waals surface area contributed by atoms with Crippen molar-refractivity contribution in [1.82, 2.24) is 5.06 Å². The van der Waals surface area contributed by atoms with Crippen LogP contribution < -0.4 is 0 Å². The number of hydrogen-bond donors (Lipinski definition) is 0. The Morgan fingerprint density at radius 2 is 1.88 bits per heavy atom. The van der Waals surface area contributed by atoms with Crippen LogP contribution in [0.5, 0.6) is 0 Å². The minimum Gasteiger partial charge on any atom is -0.391 e. The molecule has 0 N–H and O–H groups in total. The number of benzene rings is 2. The van der Waals surface area contributed by atoms with Gasteiger partial charge in [-0.3, -0.25) is 0 Å². The molecule has 4 nitrogen and oxygen atoms in total. The van der Waals surface area contributed by atoms with Crippen molar-refractivity contribution in [2.24, 2.45) is 5.16 Å². The summed E-state index contributed by atoms with van der Waals surface area (Å²) in [6.45, 7) is 0.988. The molecule has 0 heterocycles. The fourth-order valence-electron chi connectivity index (χ4n) is 2.05. The van der Waals surface area contributed by atoms with Gasteiger partial charge in [0.05, 0.1) is 12.8 Å². The van der Waals surface area contributed by atoms with Gasteiger partial charge in [-0.2, -0.15) is 5.06 Å². The van der Waals surface area contributed by atoms with Crippen molar-refractivity contribution in [2.75, 3.05) is 20.7 Å². The van der Waals surface area contributed by atoms with E-state index in [0.29, 0.717) is 23.0 Å². The topological polar surface area (TPSA) is 34.1 Å². The van der Waals surface area contributed by atoms with Gasteiger partial charge in [-0.1, -0.05) is 64.8 Å². The zero-order chi connectivity index (χ0) is 17.4. The molecule has 2 aromatic rings. The summed E-state index contributed by atoms with van der Waals surface area (Å²) in [4.78, 5) is 10.7. The highest BCUT2D eigenvalue weighted by Gasteiger charge is 2.07. The number of hydrogen-bond acceptors (Lipinski definition) is 4. The van der Waals surface area contributed by atoms with Gasteiger partial charge in [-0.25, -0.2) is 0 Å². The lowest BCUT2D eigenvalue weighted by Crippen LogP contribution is -2.21. The van der Waals surface area contributed by atoms with Crippen molar-refractivity contribution in [3.05, 3.63) is 69.7 Å². The van der Waals surface area contributed by atoms with E-state index in [-0.39, 0.29) is 6.61 Å². The highest BCUT2D eigenvalue weighted by molar-refractivity contribution is 6.35. The molecule has 0 radical (unpaired) electrons. The molecule has 0 aliphatic heterocycles. The van der Waals surface area contributed by atoms with E-state index in [1.165, 1.54) is 0 Å². The van der Waals surface area contributed by atoms with Crippen LogP contribution in [0.3, 0.4) is 0 Å². The van der Waals surface area contributed by atoms with Crippen LogP contribution in [0.2, 0.25) is 10.0 Å². The van der Waals surface area contributed by atoms with Gasteiger partial charge in [0.2, 0.25) is 0 Å². The SMILES string of the molecule is CON(C)CC/C(=N\OCc1ccc(Cl)cc1Cl)c1ccccc1. The molecule has 0 aliphatic carbocycles. The van der Waals surface area contributed by atoms with Gasteiger partial charge in [0, 0.05) is 35.6 Å². The fraction of sp³-hybridized carbons (Fsp3) is 0.278. The van der Waals surface area contributed by atoms with Crippen LogP contribution in [0.15, 0.2) is 53.7 Å². The summed E-state index contributed by atoms with van der Waals surface area (Å²) in [5.74, 6) is 0. The lowest BCUT2D eigenvalue weighted by atomic mass is 10.1. The Bertz CT molecular complexity index is 678. The van der Waals surface area contributed by atoms with Crippen molar-refractivity contribution in [3.8, 4) is 0 Å². The van der Waals surface area contributed by atoms with Gasteiger partial charge in [0.15, 0.2) is 0 Å². The average Bonchev–Trinajstić information content (AvgIpc) is 2.60. The first-order valence-electron chi connectivity index (χ1n) is 7.53. The third-order valence-corrected chi connectivity index (χ3v) is 4.08. The fourth-order valence-corrected chi connectivity index (χ4v) is 2.51. The molecule has 0 aliphatic rings. The minimum absolute atomic E-state index is 0.284. The number of nitrogens with zero attached hydrogens (tertiary/aromatic N) is 2. The van der Waals surface area contributed by atoms with E-state index < -0.39 is 0 Å². The van der Waals surface area contributed by atoms with Gasteiger partial charge in [-0.05, 0) is 17.7 Å². The standard InChI is InChI=1S/C18H20Cl2N2O2/c1-22(23-2)11-10-18(14-6-4-3-5-7-14)21-24-13-15-8-9-16(19)12-17(15)20/h3-9,12H,10-11,13H2,1-2H3/b21-18+. The zero-order valence-corrected chi connectivity index (χ0v) is 15.2. The van der Waals surface area contributed by atoms with E-state index >= 15 is 0 Å². The second kappa shape index (κ2) is 9.64. The zero-order valence-electron chi connectivity index (χ0n) is 13.7. The summed E-state index contributed by atoms with van der Waals surface area (Å²) in [6.07, 6.45) is 0.697. The highest BCUT2D eigenvalue weighted by Crippen LogP contribution is 2.21. The monoisotopic (exact) mass is 366 g/mol. The van der Waals surface area contributed by atoms with E-state index in [9.17, 15) is 0 Å². The van der Waals surface area contributed by atoms with Crippen LogP contribution in [0.1, 0.15) is 17.5 Å². The molecule has 0 aromatic heterocycles. The molecule has 128 valence electrons. The first kappa shape index (κ1) is 18.7. The molecule has 0 saturated carbocycles. The van der Waals surface area contributed by atoms with Crippen LogP contribution in [-0.2, 0) is 16.3 Å². The maximum absolute atomic E-state index is 6.15. The summed E-state index contributed by atoms with van der Waals surface area (Å²) in [7, 11) is 3.51. The molecule has 0 spiro atoms. The second-order valence-electron chi connectivity index (χ2n) is 5.20. The van der Waals surface area contributed by atoms with Gasteiger partial charge in [0.25, 0.3) is 0 Å². The molecule has 0 unspecified atom stereocenters. The van der Waals surface area contributed by atoms with Crippen LogP contribution >= 0.6 is 23.2 Å². The largest absolute Gasteiger partial charge is 0.391 e. The molecule has 0 saturated heterocycles. The highest BCUT2D eigenvalue weighted by atomic mass is 35.5. The first-order chi connectivity index (χ1) is 11.6. The first-order valence-corrected chi connectivity index (χ1v) is 8.29. The Balaban J connectivity index is 2.06. The number of rotatable bonds is 8. The Morgan fingerprint density at radius 3 is 2.54 bits per heavy atom. The number of hydroxylamine groups is 2. The molecule has 6 heteroatoms. The van der Waals surface area contributed by atoms with Gasteiger partial charge < -0.3 is 9.68 Å². The summed E-state index contributed by atoms with van der Waals surface area (Å²) in [6, 6.07) is 15.2. The third kappa shape index (κ3) is 5.80. The quantitative estimate of drug-likeness (QED) is 0.497. The van der Waals surface area contributed by atoms with Crippen LogP contribution in [0.25, 0.3) is 0 Å². The minimum atomic E-state index is 0.284. The van der Waals surface area contributed by atoms with E-state index in [0.717, 1.165) is 16.8 Å². The summed E-state index contributed by atoms with van der Waals surface area (Å²) < 4.78 is 0. The van der Waals surface area contributed by atoms with E-state index in [1.807, 2.05) is 43.4 Å². The van der Waals surface area contributed by atoms with Crippen LogP contribution in [-0.4, -0.2) is 31.5 Å². The Kier molecular flexibility index (Phi) is 7.53. The third-order valence-electron chi connectivity index (χ3n) is 3.49. The van der Waals surface area contributed by atoms with E-state index in [2.05, 4.69) is 5.16 Å². The lowest BCUT2D eigenvalue weighted by Gasteiger charge is -2.14. The number of oxime groups is 1. The second-order valence-corrected chi connectivity index (χ2v) is 6.04. The van der Waals surface area contributed by atoms with Crippen LogP contribution in [0.4, 0.5) is 0 Å². The molecule has 0 fully saturated rings. The maximum Gasteiger partial charge on any atom is 0.143 e. The molecule has 2 aromatic carbocycles. The molecular formula is C18H20Cl2N2O2. The Hall–Kier alpha value is -1.59. The summed E-state index contributed by atoms with van der Waals surface area (Å²) in [5.41, 5.74) is 2.71. The van der Waals surface area contributed by atoms with Crippen LogP contribution in [0, 0.1) is 0 Å².